The van der Waals surface area contributed by atoms with Crippen LogP contribution in [0.4, 0.5) is 17.6 Å². The number of benzene rings is 1. The molecule has 0 N–H and O–H groups in total. The van der Waals surface area contributed by atoms with Crippen molar-refractivity contribution < 1.29 is 27.1 Å². The van der Waals surface area contributed by atoms with E-state index in [4.69, 9.17) is 27.9 Å². The molecule has 2 nitrogen and oxygen atoms in total. The van der Waals surface area contributed by atoms with Crippen LogP contribution < -0.4 is 0 Å². The Morgan fingerprint density at radius 3 is 2.25 bits per heavy atom. The second-order valence-corrected chi connectivity index (χ2v) is 7.23. The van der Waals surface area contributed by atoms with Gasteiger partial charge in [0.05, 0.1) is 11.5 Å². The zero-order chi connectivity index (χ0) is 18.2. The third kappa shape index (κ3) is 3.54. The fourth-order valence-corrected chi connectivity index (χ4v) is 3.09. The fourth-order valence-electron chi connectivity index (χ4n) is 2.79. The van der Waals surface area contributed by atoms with E-state index >= 15 is 0 Å². The summed E-state index contributed by atoms with van der Waals surface area (Å²) in [5.74, 6) is -7.57. The highest BCUT2D eigenvalue weighted by Gasteiger charge is 2.51. The Hall–Kier alpha value is -1.27. The lowest BCUT2D eigenvalue weighted by Gasteiger charge is -2.49. The topological polar surface area (TPSA) is 26.3 Å². The Bertz CT molecular complexity index is 674. The fraction of sp³-hybridized carbons (Fsp3) is 0.438. The third-order valence-corrected chi connectivity index (χ3v) is 4.77. The molecule has 0 aromatic heterocycles. The third-order valence-electron chi connectivity index (χ3n) is 4.52. The molecule has 24 heavy (non-hydrogen) atoms. The Kier molecular flexibility index (Phi) is 5.50. The van der Waals surface area contributed by atoms with Crippen molar-refractivity contribution >= 4 is 29.2 Å². The lowest BCUT2D eigenvalue weighted by Crippen LogP contribution is -2.48. The van der Waals surface area contributed by atoms with Crippen LogP contribution in [0.3, 0.4) is 0 Å². The lowest BCUT2D eigenvalue weighted by molar-refractivity contribution is -0.164. The summed E-state index contributed by atoms with van der Waals surface area (Å²) in [5, 5.41) is 0. The van der Waals surface area contributed by atoms with Crippen molar-refractivity contribution in [3.8, 4) is 0 Å². The summed E-state index contributed by atoms with van der Waals surface area (Å²) >= 11 is 11.2. The van der Waals surface area contributed by atoms with E-state index in [2.05, 4.69) is 0 Å². The van der Waals surface area contributed by atoms with Crippen molar-refractivity contribution in [1.82, 2.24) is 0 Å². The molecule has 2 rings (SSSR count). The summed E-state index contributed by atoms with van der Waals surface area (Å²) in [6.07, 6.45) is 2.01. The first-order chi connectivity index (χ1) is 11.1. The van der Waals surface area contributed by atoms with Crippen molar-refractivity contribution in [1.29, 1.82) is 0 Å². The van der Waals surface area contributed by atoms with E-state index in [-0.39, 0.29) is 16.5 Å². The SMILES string of the molecule is CC1(C)[C@H](C=C(Cl)Cl)C[C@H]1C(=O)OCc1c(F)c(F)cc(F)c1F. The zero-order valence-electron chi connectivity index (χ0n) is 12.8. The van der Waals surface area contributed by atoms with Crippen molar-refractivity contribution in [3.05, 3.63) is 45.5 Å². The van der Waals surface area contributed by atoms with Gasteiger partial charge in [0.1, 0.15) is 11.1 Å². The van der Waals surface area contributed by atoms with Crippen LogP contribution in [-0.4, -0.2) is 5.97 Å². The van der Waals surface area contributed by atoms with Gasteiger partial charge in [-0.15, -0.1) is 0 Å². The number of halogens is 6. The number of carbonyl (C=O) groups excluding carboxylic acids is 1. The van der Waals surface area contributed by atoms with Gasteiger partial charge in [0, 0.05) is 6.07 Å². The molecule has 0 saturated heterocycles. The number of rotatable bonds is 4. The van der Waals surface area contributed by atoms with Gasteiger partial charge in [-0.2, -0.15) is 0 Å². The van der Waals surface area contributed by atoms with E-state index in [9.17, 15) is 22.4 Å². The van der Waals surface area contributed by atoms with Gasteiger partial charge in [-0.1, -0.05) is 43.1 Å². The van der Waals surface area contributed by atoms with E-state index in [1.807, 2.05) is 0 Å². The van der Waals surface area contributed by atoms with Crippen molar-refractivity contribution in [3.63, 3.8) is 0 Å². The maximum absolute atomic E-state index is 13.5. The molecule has 0 spiro atoms. The molecule has 8 heteroatoms. The van der Waals surface area contributed by atoms with Gasteiger partial charge in [-0.05, 0) is 17.8 Å². The van der Waals surface area contributed by atoms with Crippen LogP contribution in [0.2, 0.25) is 0 Å². The first-order valence-electron chi connectivity index (χ1n) is 7.07. The molecular formula is C16H14Cl2F4O2. The Morgan fingerprint density at radius 2 is 1.79 bits per heavy atom. The number of allylic oxidation sites excluding steroid dienone is 1. The summed E-state index contributed by atoms with van der Waals surface area (Å²) in [6, 6.07) is 0.0951. The van der Waals surface area contributed by atoms with E-state index in [1.54, 1.807) is 19.9 Å². The van der Waals surface area contributed by atoms with Crippen molar-refractivity contribution in [2.75, 3.05) is 0 Å². The average molecular weight is 385 g/mol. The summed E-state index contributed by atoms with van der Waals surface area (Å²) < 4.78 is 58.3. The molecule has 1 fully saturated rings. The minimum atomic E-state index is -1.58. The Labute approximate surface area is 146 Å². The van der Waals surface area contributed by atoms with Crippen LogP contribution in [0.15, 0.2) is 16.6 Å². The molecule has 1 aliphatic rings. The molecule has 0 heterocycles. The van der Waals surface area contributed by atoms with Crippen molar-refractivity contribution in [2.45, 2.75) is 26.9 Å². The molecule has 1 aromatic rings. The minimum Gasteiger partial charge on any atom is -0.460 e. The van der Waals surface area contributed by atoms with E-state index < -0.39 is 52.7 Å². The standard InChI is InChI=1S/C16H14Cl2F4O2/c1-16(2)7(4-12(17)18)3-9(16)15(23)24-6-8-13(21)10(19)5-11(20)14(8)22/h4-5,7,9H,3,6H2,1-2H3/t7-,9-/m0/s1. The maximum Gasteiger partial charge on any atom is 0.309 e. The molecule has 132 valence electrons. The van der Waals surface area contributed by atoms with Gasteiger partial charge in [0.15, 0.2) is 23.3 Å². The summed E-state index contributed by atoms with van der Waals surface area (Å²) in [7, 11) is 0. The predicted octanol–water partition coefficient (Wildman–Crippen LogP) is 5.27. The second kappa shape index (κ2) is 6.92. The largest absolute Gasteiger partial charge is 0.460 e. The van der Waals surface area contributed by atoms with Gasteiger partial charge < -0.3 is 4.74 Å². The zero-order valence-corrected chi connectivity index (χ0v) is 14.3. The van der Waals surface area contributed by atoms with Gasteiger partial charge in [0.2, 0.25) is 0 Å². The molecule has 1 aliphatic carbocycles. The Morgan fingerprint density at radius 1 is 1.25 bits per heavy atom. The van der Waals surface area contributed by atoms with Gasteiger partial charge in [-0.25, -0.2) is 17.6 Å². The van der Waals surface area contributed by atoms with Gasteiger partial charge >= 0.3 is 5.97 Å². The molecule has 0 amide bonds. The highest BCUT2D eigenvalue weighted by Crippen LogP contribution is 2.53. The quantitative estimate of drug-likeness (QED) is 0.401. The van der Waals surface area contributed by atoms with E-state index in [0.29, 0.717) is 6.42 Å². The highest BCUT2D eigenvalue weighted by molar-refractivity contribution is 6.55. The summed E-state index contributed by atoms with van der Waals surface area (Å²) in [4.78, 5) is 12.1. The van der Waals surface area contributed by atoms with Gasteiger partial charge in [0.25, 0.3) is 0 Å². The molecule has 0 radical (unpaired) electrons. The van der Waals surface area contributed by atoms with Crippen molar-refractivity contribution in [2.24, 2.45) is 17.3 Å². The molecule has 2 atom stereocenters. The number of hydrogen-bond acceptors (Lipinski definition) is 2. The number of hydrogen-bond donors (Lipinski definition) is 0. The smallest absolute Gasteiger partial charge is 0.309 e. The average Bonchev–Trinajstić information content (AvgIpc) is 2.48. The lowest BCUT2D eigenvalue weighted by atomic mass is 9.55. The molecule has 0 bridgehead atoms. The molecule has 1 saturated carbocycles. The highest BCUT2D eigenvalue weighted by atomic mass is 35.5. The monoisotopic (exact) mass is 384 g/mol. The van der Waals surface area contributed by atoms with Gasteiger partial charge in [-0.3, -0.25) is 4.79 Å². The maximum atomic E-state index is 13.5. The molecule has 0 aliphatic heterocycles. The summed E-state index contributed by atoms with van der Waals surface area (Å²) in [5.41, 5.74) is -1.48. The minimum absolute atomic E-state index is 0.0554. The van der Waals surface area contributed by atoms with Crippen LogP contribution in [0.25, 0.3) is 0 Å². The number of esters is 1. The Balaban J connectivity index is 2.07. The predicted molar refractivity (Wildman–Crippen MR) is 81.2 cm³/mol. The molecule has 1 aromatic carbocycles. The molecular weight excluding hydrogens is 371 g/mol. The normalized spacial score (nSPS) is 21.8. The number of carbonyl (C=O) groups is 1. The van der Waals surface area contributed by atoms with Crippen LogP contribution in [0.1, 0.15) is 25.8 Å². The number of ether oxygens (including phenoxy) is 1. The second-order valence-electron chi connectivity index (χ2n) is 6.23. The first kappa shape index (κ1) is 19.1. The van der Waals surface area contributed by atoms with Crippen LogP contribution in [0, 0.1) is 40.5 Å². The summed E-state index contributed by atoms with van der Waals surface area (Å²) in [6.45, 7) is 2.70. The van der Waals surface area contributed by atoms with E-state index in [0.717, 1.165) is 0 Å². The van der Waals surface area contributed by atoms with Crippen LogP contribution >= 0.6 is 23.2 Å². The van der Waals surface area contributed by atoms with Crippen LogP contribution in [-0.2, 0) is 16.1 Å². The van der Waals surface area contributed by atoms with E-state index in [1.165, 1.54) is 0 Å². The molecule has 0 unspecified atom stereocenters. The first-order valence-corrected chi connectivity index (χ1v) is 7.82. The van der Waals surface area contributed by atoms with Crippen LogP contribution in [0.5, 0.6) is 0 Å².